The fraction of sp³-hybridized carbons (Fsp3) is 0.160. The van der Waals surface area contributed by atoms with E-state index in [1.165, 1.54) is 4.90 Å². The van der Waals surface area contributed by atoms with Crippen LogP contribution in [0, 0.1) is 0 Å². The van der Waals surface area contributed by atoms with Crippen LogP contribution in [0.15, 0.2) is 84.8 Å². The molecule has 1 aromatic heterocycles. The Labute approximate surface area is 181 Å². The fourth-order valence-electron chi connectivity index (χ4n) is 3.72. The molecule has 156 valence electrons. The molecule has 0 atom stereocenters. The van der Waals surface area contributed by atoms with Crippen molar-refractivity contribution >= 4 is 23.1 Å². The first-order chi connectivity index (χ1) is 15.1. The molecule has 1 aliphatic heterocycles. The van der Waals surface area contributed by atoms with E-state index >= 15 is 0 Å². The van der Waals surface area contributed by atoms with Crippen LogP contribution in [-0.2, 0) is 16.1 Å². The van der Waals surface area contributed by atoms with Crippen molar-refractivity contribution in [2.24, 2.45) is 0 Å². The van der Waals surface area contributed by atoms with E-state index in [-0.39, 0.29) is 18.4 Å². The van der Waals surface area contributed by atoms with Crippen molar-refractivity contribution in [2.75, 3.05) is 18.6 Å². The summed E-state index contributed by atoms with van der Waals surface area (Å²) in [6.07, 6.45) is 3.31. The number of aromatic nitrogens is 1. The predicted octanol–water partition coefficient (Wildman–Crippen LogP) is 3.90. The lowest BCUT2D eigenvalue weighted by molar-refractivity contribution is -0.137. The summed E-state index contributed by atoms with van der Waals surface area (Å²) in [5.41, 5.74) is 3.17. The van der Waals surface area contributed by atoms with E-state index in [4.69, 9.17) is 4.74 Å². The molecule has 0 aliphatic carbocycles. The van der Waals surface area contributed by atoms with Crippen LogP contribution in [0.2, 0.25) is 0 Å². The third-order valence-corrected chi connectivity index (χ3v) is 5.27. The van der Waals surface area contributed by atoms with Crippen LogP contribution in [0.1, 0.15) is 18.1 Å². The Kier molecular flexibility index (Phi) is 5.80. The summed E-state index contributed by atoms with van der Waals surface area (Å²) in [5.74, 6) is 0.0708. The van der Waals surface area contributed by atoms with Crippen LogP contribution in [0.25, 0.3) is 5.57 Å². The molecule has 0 spiro atoms. The summed E-state index contributed by atoms with van der Waals surface area (Å²) in [5, 5.41) is 0. The zero-order valence-electron chi connectivity index (χ0n) is 17.5. The zero-order valence-corrected chi connectivity index (χ0v) is 17.5. The van der Waals surface area contributed by atoms with E-state index in [1.807, 2.05) is 54.3 Å². The molecular weight excluding hydrogens is 390 g/mol. The van der Waals surface area contributed by atoms with Crippen LogP contribution < -0.4 is 9.64 Å². The second-order valence-electron chi connectivity index (χ2n) is 7.08. The Bertz CT molecular complexity index is 1110. The Hall–Kier alpha value is -3.93. The van der Waals surface area contributed by atoms with Gasteiger partial charge in [0.05, 0.1) is 19.2 Å². The van der Waals surface area contributed by atoms with Crippen molar-refractivity contribution in [3.63, 3.8) is 0 Å². The minimum absolute atomic E-state index is 0.190. The second kappa shape index (κ2) is 8.83. The summed E-state index contributed by atoms with van der Waals surface area (Å²) in [7, 11) is 1.59. The molecule has 31 heavy (non-hydrogen) atoms. The fourth-order valence-corrected chi connectivity index (χ4v) is 3.72. The first-order valence-electron chi connectivity index (χ1n) is 10.1. The monoisotopic (exact) mass is 413 g/mol. The standard InChI is InChI=1S/C25H23N3O3/c1-3-27(20-7-5-4-6-8-20)23-22(19-9-11-21(31-2)12-10-19)24(29)28(25(23)30)17-18-13-15-26-16-14-18/h4-16H,3,17H2,1-2H3. The molecule has 0 unspecified atom stereocenters. The zero-order chi connectivity index (χ0) is 21.8. The summed E-state index contributed by atoms with van der Waals surface area (Å²) in [4.78, 5) is 34.3. The van der Waals surface area contributed by atoms with Gasteiger partial charge in [0.25, 0.3) is 11.8 Å². The molecule has 1 aliphatic rings. The molecule has 2 heterocycles. The van der Waals surface area contributed by atoms with Crippen LogP contribution >= 0.6 is 0 Å². The molecule has 0 N–H and O–H groups in total. The average molecular weight is 413 g/mol. The van der Waals surface area contributed by atoms with Crippen molar-refractivity contribution in [1.82, 2.24) is 9.88 Å². The minimum atomic E-state index is -0.309. The van der Waals surface area contributed by atoms with Gasteiger partial charge in [-0.05, 0) is 54.4 Å². The number of amides is 2. The first kappa shape index (κ1) is 20.3. The summed E-state index contributed by atoms with van der Waals surface area (Å²) >= 11 is 0. The Balaban J connectivity index is 1.82. The van der Waals surface area contributed by atoms with E-state index in [0.717, 1.165) is 11.3 Å². The number of pyridine rings is 1. The molecule has 4 rings (SSSR count). The first-order valence-corrected chi connectivity index (χ1v) is 10.1. The summed E-state index contributed by atoms with van der Waals surface area (Å²) in [6, 6.07) is 20.5. The number of hydrogen-bond donors (Lipinski definition) is 0. The number of methoxy groups -OCH3 is 1. The number of likely N-dealkylation sites (N-methyl/N-ethyl adjacent to an activating group) is 1. The van der Waals surface area contributed by atoms with Gasteiger partial charge in [0, 0.05) is 24.6 Å². The predicted molar refractivity (Wildman–Crippen MR) is 119 cm³/mol. The van der Waals surface area contributed by atoms with Crippen LogP contribution in [0.5, 0.6) is 5.75 Å². The number of benzene rings is 2. The molecule has 0 saturated carbocycles. The van der Waals surface area contributed by atoms with Crippen LogP contribution in [0.3, 0.4) is 0 Å². The van der Waals surface area contributed by atoms with Crippen molar-refractivity contribution in [3.8, 4) is 5.75 Å². The number of anilines is 1. The highest BCUT2D eigenvalue weighted by atomic mass is 16.5. The maximum Gasteiger partial charge on any atom is 0.278 e. The SMILES string of the molecule is CCN(C1=C(c2ccc(OC)cc2)C(=O)N(Cc2ccncc2)C1=O)c1ccccc1. The number of hydrogen-bond acceptors (Lipinski definition) is 5. The highest BCUT2D eigenvalue weighted by Crippen LogP contribution is 2.35. The number of carbonyl (C=O) groups excluding carboxylic acids is 2. The van der Waals surface area contributed by atoms with Gasteiger partial charge in [-0.2, -0.15) is 0 Å². The van der Waals surface area contributed by atoms with Gasteiger partial charge < -0.3 is 9.64 Å². The Morgan fingerprint density at radius 1 is 0.903 bits per heavy atom. The molecule has 0 fully saturated rings. The molecule has 0 bridgehead atoms. The molecule has 3 aromatic rings. The Morgan fingerprint density at radius 3 is 2.19 bits per heavy atom. The van der Waals surface area contributed by atoms with E-state index in [2.05, 4.69) is 4.98 Å². The van der Waals surface area contributed by atoms with Crippen molar-refractivity contribution in [1.29, 1.82) is 0 Å². The van der Waals surface area contributed by atoms with Gasteiger partial charge >= 0.3 is 0 Å². The lowest BCUT2D eigenvalue weighted by Crippen LogP contribution is -2.34. The topological polar surface area (TPSA) is 62.7 Å². The van der Waals surface area contributed by atoms with Gasteiger partial charge in [0.15, 0.2) is 0 Å². The summed E-state index contributed by atoms with van der Waals surface area (Å²) < 4.78 is 5.25. The largest absolute Gasteiger partial charge is 0.497 e. The number of imide groups is 1. The smallest absolute Gasteiger partial charge is 0.278 e. The van der Waals surface area contributed by atoms with E-state index in [1.54, 1.807) is 43.8 Å². The highest BCUT2D eigenvalue weighted by molar-refractivity contribution is 6.36. The van der Waals surface area contributed by atoms with Crippen LogP contribution in [-0.4, -0.2) is 35.4 Å². The second-order valence-corrected chi connectivity index (χ2v) is 7.08. The quantitative estimate of drug-likeness (QED) is 0.550. The van der Waals surface area contributed by atoms with Crippen LogP contribution in [0.4, 0.5) is 5.69 Å². The van der Waals surface area contributed by atoms with Crippen molar-refractivity contribution in [2.45, 2.75) is 13.5 Å². The van der Waals surface area contributed by atoms with Gasteiger partial charge in [0.1, 0.15) is 11.4 Å². The summed E-state index contributed by atoms with van der Waals surface area (Å²) in [6.45, 7) is 2.70. The number of para-hydroxylation sites is 1. The number of carbonyl (C=O) groups is 2. The third-order valence-electron chi connectivity index (χ3n) is 5.27. The third kappa shape index (κ3) is 3.92. The Morgan fingerprint density at radius 2 is 1.58 bits per heavy atom. The molecule has 6 nitrogen and oxygen atoms in total. The normalized spacial score (nSPS) is 13.7. The van der Waals surface area contributed by atoms with E-state index in [0.29, 0.717) is 29.1 Å². The molecule has 0 saturated heterocycles. The van der Waals surface area contributed by atoms with Gasteiger partial charge in [0.2, 0.25) is 0 Å². The lowest BCUT2D eigenvalue weighted by Gasteiger charge is -2.25. The average Bonchev–Trinajstić information content (AvgIpc) is 3.06. The molecular formula is C25H23N3O3. The number of nitrogens with zero attached hydrogens (tertiary/aromatic N) is 3. The van der Waals surface area contributed by atoms with Gasteiger partial charge in [-0.25, -0.2) is 0 Å². The maximum absolute atomic E-state index is 13.6. The lowest BCUT2D eigenvalue weighted by atomic mass is 10.0. The van der Waals surface area contributed by atoms with Gasteiger partial charge in [-0.3, -0.25) is 19.5 Å². The van der Waals surface area contributed by atoms with E-state index in [9.17, 15) is 9.59 Å². The highest BCUT2D eigenvalue weighted by Gasteiger charge is 2.41. The number of ether oxygens (including phenoxy) is 1. The maximum atomic E-state index is 13.6. The number of rotatable bonds is 7. The van der Waals surface area contributed by atoms with E-state index < -0.39 is 0 Å². The van der Waals surface area contributed by atoms with Crippen molar-refractivity contribution in [3.05, 3.63) is 95.9 Å². The molecule has 0 radical (unpaired) electrons. The molecule has 2 aromatic carbocycles. The minimum Gasteiger partial charge on any atom is -0.497 e. The molecule has 2 amide bonds. The van der Waals surface area contributed by atoms with Crippen molar-refractivity contribution < 1.29 is 14.3 Å². The van der Waals surface area contributed by atoms with Gasteiger partial charge in [-0.1, -0.05) is 30.3 Å². The van der Waals surface area contributed by atoms with Gasteiger partial charge in [-0.15, -0.1) is 0 Å². The molecule has 6 heteroatoms.